The SMILES string of the molecule is CC(C)(C)OC(=O)C(Cl)c1c([N+](=O)[O-])ncn1CCn1cnc([N+](=O)[O-])c1C(Cl)C(C)(C)C. The molecule has 2 aromatic rings. The number of nitrogens with zero attached hydrogens (tertiary/aromatic N) is 6. The first-order chi connectivity index (χ1) is 15.0. The Balaban J connectivity index is 2.41. The first-order valence-corrected chi connectivity index (χ1v) is 10.8. The number of carbonyl (C=O) groups is 1. The molecule has 0 saturated heterocycles. The highest BCUT2D eigenvalue weighted by atomic mass is 35.5. The van der Waals surface area contributed by atoms with Crippen molar-refractivity contribution in [2.24, 2.45) is 5.41 Å². The Bertz CT molecular complexity index is 1050. The van der Waals surface area contributed by atoms with Gasteiger partial charge < -0.3 is 34.1 Å². The van der Waals surface area contributed by atoms with Gasteiger partial charge in [0.15, 0.2) is 5.38 Å². The van der Waals surface area contributed by atoms with Gasteiger partial charge in [-0.2, -0.15) is 0 Å². The topological polar surface area (TPSA) is 148 Å². The Kier molecular flexibility index (Phi) is 7.74. The first kappa shape index (κ1) is 26.5. The van der Waals surface area contributed by atoms with Gasteiger partial charge in [-0.15, -0.1) is 23.2 Å². The Morgan fingerprint density at radius 3 is 1.79 bits per heavy atom. The van der Waals surface area contributed by atoms with E-state index >= 15 is 0 Å². The van der Waals surface area contributed by atoms with Crippen molar-refractivity contribution in [3.63, 3.8) is 0 Å². The van der Waals surface area contributed by atoms with Crippen LogP contribution in [0.4, 0.5) is 11.6 Å². The number of hydrogen-bond donors (Lipinski definition) is 0. The number of alkyl halides is 2. The first-order valence-electron chi connectivity index (χ1n) is 9.94. The van der Waals surface area contributed by atoms with E-state index in [1.807, 2.05) is 20.8 Å². The van der Waals surface area contributed by atoms with Crippen molar-refractivity contribution in [1.29, 1.82) is 0 Å². The number of rotatable bonds is 8. The summed E-state index contributed by atoms with van der Waals surface area (Å²) in [6, 6.07) is 0. The van der Waals surface area contributed by atoms with Crippen LogP contribution in [0.5, 0.6) is 0 Å². The third-order valence-electron chi connectivity index (χ3n) is 4.50. The molecule has 0 aliphatic heterocycles. The van der Waals surface area contributed by atoms with Crippen LogP contribution in [-0.2, 0) is 22.6 Å². The van der Waals surface area contributed by atoms with Gasteiger partial charge in [0.05, 0.1) is 5.38 Å². The van der Waals surface area contributed by atoms with Gasteiger partial charge in [0.25, 0.3) is 0 Å². The van der Waals surface area contributed by atoms with Crippen LogP contribution in [0.15, 0.2) is 12.7 Å². The van der Waals surface area contributed by atoms with Gasteiger partial charge in [-0.05, 0) is 46.0 Å². The van der Waals surface area contributed by atoms with E-state index in [0.29, 0.717) is 0 Å². The Hall–Kier alpha value is -2.73. The number of nitro groups is 2. The van der Waals surface area contributed by atoms with E-state index in [1.54, 1.807) is 20.8 Å². The second-order valence-electron chi connectivity index (χ2n) is 9.43. The lowest BCUT2D eigenvalue weighted by Gasteiger charge is -2.25. The molecule has 2 atom stereocenters. The van der Waals surface area contributed by atoms with Crippen molar-refractivity contribution >= 4 is 40.8 Å². The summed E-state index contributed by atoms with van der Waals surface area (Å²) >= 11 is 12.8. The van der Waals surface area contributed by atoms with E-state index in [9.17, 15) is 25.0 Å². The van der Waals surface area contributed by atoms with Gasteiger partial charge in [0, 0.05) is 13.1 Å². The molecule has 0 spiro atoms. The summed E-state index contributed by atoms with van der Waals surface area (Å²) in [6.07, 6.45) is 2.46. The summed E-state index contributed by atoms with van der Waals surface area (Å²) in [5.41, 5.74) is -1.30. The highest BCUT2D eigenvalue weighted by molar-refractivity contribution is 6.30. The summed E-state index contributed by atoms with van der Waals surface area (Å²) < 4.78 is 8.10. The van der Waals surface area contributed by atoms with E-state index in [4.69, 9.17) is 27.9 Å². The smallest absolute Gasteiger partial charge is 0.387 e. The van der Waals surface area contributed by atoms with Crippen molar-refractivity contribution in [2.75, 3.05) is 0 Å². The third-order valence-corrected chi connectivity index (χ3v) is 5.74. The fourth-order valence-electron chi connectivity index (χ4n) is 3.01. The van der Waals surface area contributed by atoms with Gasteiger partial charge >= 0.3 is 17.6 Å². The third kappa shape index (κ3) is 6.20. The molecule has 0 aliphatic rings. The van der Waals surface area contributed by atoms with Gasteiger partial charge in [-0.3, -0.25) is 0 Å². The predicted molar refractivity (Wildman–Crippen MR) is 120 cm³/mol. The van der Waals surface area contributed by atoms with Gasteiger partial charge in [0.1, 0.15) is 17.0 Å². The lowest BCUT2D eigenvalue weighted by atomic mass is 9.89. The highest BCUT2D eigenvalue weighted by Gasteiger charge is 2.37. The second-order valence-corrected chi connectivity index (χ2v) is 10.3. The normalized spacial score (nSPS) is 14.1. The van der Waals surface area contributed by atoms with E-state index in [0.717, 1.165) is 0 Å². The van der Waals surface area contributed by atoms with E-state index in [1.165, 1.54) is 21.8 Å². The number of aryl methyl sites for hydroxylation is 2. The summed E-state index contributed by atoms with van der Waals surface area (Å²) in [4.78, 5) is 41.7. The number of imidazole rings is 2. The molecule has 33 heavy (non-hydrogen) atoms. The molecule has 0 aliphatic carbocycles. The molecule has 0 amide bonds. The maximum absolute atomic E-state index is 12.5. The van der Waals surface area contributed by atoms with Crippen LogP contribution >= 0.6 is 23.2 Å². The average molecular weight is 505 g/mol. The molecule has 0 aromatic carbocycles. The zero-order valence-electron chi connectivity index (χ0n) is 19.1. The van der Waals surface area contributed by atoms with E-state index in [-0.39, 0.29) is 30.3 Å². The van der Waals surface area contributed by atoms with Crippen molar-refractivity contribution in [1.82, 2.24) is 19.1 Å². The van der Waals surface area contributed by atoms with Gasteiger partial charge in [-0.1, -0.05) is 20.8 Å². The lowest BCUT2D eigenvalue weighted by molar-refractivity contribution is -0.390. The summed E-state index contributed by atoms with van der Waals surface area (Å²) in [6.45, 7) is 10.6. The summed E-state index contributed by atoms with van der Waals surface area (Å²) in [5, 5.41) is 20.7. The minimum absolute atomic E-state index is 0.0520. The van der Waals surface area contributed by atoms with Crippen LogP contribution in [0, 0.1) is 25.6 Å². The fourth-order valence-corrected chi connectivity index (χ4v) is 3.50. The Morgan fingerprint density at radius 2 is 1.39 bits per heavy atom. The van der Waals surface area contributed by atoms with Crippen LogP contribution in [0.3, 0.4) is 0 Å². The number of hydrogen-bond acceptors (Lipinski definition) is 8. The van der Waals surface area contributed by atoms with Crippen LogP contribution in [0.1, 0.15) is 63.7 Å². The molecule has 2 rings (SSSR count). The van der Waals surface area contributed by atoms with Crippen LogP contribution in [0.25, 0.3) is 0 Å². The molecular weight excluding hydrogens is 479 g/mol. The molecule has 14 heteroatoms. The minimum Gasteiger partial charge on any atom is -0.459 e. The molecule has 0 saturated carbocycles. The predicted octanol–water partition coefficient (Wildman–Crippen LogP) is 4.54. The van der Waals surface area contributed by atoms with E-state index in [2.05, 4.69) is 9.97 Å². The second kappa shape index (κ2) is 9.64. The van der Waals surface area contributed by atoms with Crippen molar-refractivity contribution in [3.8, 4) is 0 Å². The maximum atomic E-state index is 12.5. The molecule has 182 valence electrons. The molecule has 2 unspecified atom stereocenters. The molecule has 0 fully saturated rings. The molecule has 2 heterocycles. The quantitative estimate of drug-likeness (QED) is 0.220. The highest BCUT2D eigenvalue weighted by Crippen LogP contribution is 2.42. The molecule has 0 bridgehead atoms. The van der Waals surface area contributed by atoms with Crippen LogP contribution in [-0.4, -0.2) is 40.5 Å². The Morgan fingerprint density at radius 1 is 0.970 bits per heavy atom. The average Bonchev–Trinajstić information content (AvgIpc) is 3.26. The summed E-state index contributed by atoms with van der Waals surface area (Å²) in [7, 11) is 0. The molecule has 2 aromatic heterocycles. The summed E-state index contributed by atoms with van der Waals surface area (Å²) in [5.74, 6) is -1.81. The van der Waals surface area contributed by atoms with Crippen molar-refractivity contribution in [2.45, 2.75) is 71.0 Å². The van der Waals surface area contributed by atoms with Crippen molar-refractivity contribution < 1.29 is 19.4 Å². The van der Waals surface area contributed by atoms with Gasteiger partial charge in [0.2, 0.25) is 12.7 Å². The maximum Gasteiger partial charge on any atom is 0.387 e. The van der Waals surface area contributed by atoms with Crippen LogP contribution in [0.2, 0.25) is 0 Å². The molecular formula is C19H26Cl2N6O6. The number of carbonyl (C=O) groups excluding carboxylic acids is 1. The number of esters is 1. The van der Waals surface area contributed by atoms with E-state index < -0.39 is 43.4 Å². The molecule has 0 N–H and O–H groups in total. The standard InChI is InChI=1S/C19H26Cl2N6O6/c1-18(2,3)14(21)13-16(27(31)32)23-10-25(13)8-7-24-9-22-15(26(29)30)12(24)11(20)17(28)33-19(4,5)6/h9-11,14H,7-8H2,1-6H3. The van der Waals surface area contributed by atoms with Gasteiger partial charge in [-0.25, -0.2) is 4.79 Å². The zero-order valence-corrected chi connectivity index (χ0v) is 20.6. The van der Waals surface area contributed by atoms with Crippen LogP contribution < -0.4 is 0 Å². The number of ether oxygens (including phenoxy) is 1. The zero-order chi connectivity index (χ0) is 25.3. The number of aromatic nitrogens is 4. The lowest BCUT2D eigenvalue weighted by Crippen LogP contribution is -2.27. The minimum atomic E-state index is -1.49. The fraction of sp³-hybridized carbons (Fsp3) is 0.632. The largest absolute Gasteiger partial charge is 0.459 e. The Labute approximate surface area is 200 Å². The molecule has 12 nitrogen and oxygen atoms in total. The molecule has 0 radical (unpaired) electrons. The number of halogens is 2. The van der Waals surface area contributed by atoms with Crippen molar-refractivity contribution in [3.05, 3.63) is 44.3 Å². The monoisotopic (exact) mass is 504 g/mol.